The Morgan fingerprint density at radius 3 is 2.33 bits per heavy atom. The van der Waals surface area contributed by atoms with Crippen molar-refractivity contribution in [2.24, 2.45) is 11.7 Å². The van der Waals surface area contributed by atoms with Crippen LogP contribution < -0.4 is 5.73 Å². The molecule has 0 aromatic carbocycles. The van der Waals surface area contributed by atoms with Gasteiger partial charge in [0.25, 0.3) is 15.9 Å². The molecule has 2 fully saturated rings. The van der Waals surface area contributed by atoms with Crippen molar-refractivity contribution in [2.75, 3.05) is 6.54 Å². The molecule has 0 bridgehead atoms. The van der Waals surface area contributed by atoms with Gasteiger partial charge in [0.05, 0.1) is 6.04 Å². The molecule has 1 heterocycles. The third-order valence-corrected chi connectivity index (χ3v) is 6.77. The molecule has 1 amide bonds. The molecule has 1 atom stereocenters. The molecule has 0 aromatic heterocycles. The zero-order valence-electron chi connectivity index (χ0n) is 11.1. The van der Waals surface area contributed by atoms with Crippen LogP contribution in [0.5, 0.6) is 0 Å². The number of carbonyl (C=O) groups is 1. The minimum Gasteiger partial charge on any atom is -0.328 e. The van der Waals surface area contributed by atoms with Crippen molar-refractivity contribution < 1.29 is 13.2 Å². The van der Waals surface area contributed by atoms with Crippen molar-refractivity contribution >= 4 is 15.9 Å². The van der Waals surface area contributed by atoms with Crippen molar-refractivity contribution in [1.29, 1.82) is 0 Å². The summed E-state index contributed by atoms with van der Waals surface area (Å²) in [7, 11) is -3.51. The molecule has 1 aliphatic heterocycles. The predicted molar refractivity (Wildman–Crippen MR) is 69.3 cm³/mol. The molecule has 2 aliphatic rings. The third-order valence-electron chi connectivity index (χ3n) is 4.36. The SMILES string of the molecule is CC1(C)C(=O)N(C(CN)C2CCCCC2)S1(=O)=O. The zero-order valence-corrected chi connectivity index (χ0v) is 11.9. The van der Waals surface area contributed by atoms with E-state index in [0.717, 1.165) is 30.0 Å². The standard InChI is InChI=1S/C12H22N2O3S/c1-12(2)11(15)14(18(12,16)17)10(8-13)9-6-4-3-5-7-9/h9-10H,3-8,13H2,1-2H3. The Hall–Kier alpha value is -0.620. The first-order valence-corrected chi connectivity index (χ1v) is 8.06. The fourth-order valence-corrected chi connectivity index (χ4v) is 4.76. The van der Waals surface area contributed by atoms with Crippen LogP contribution in [0, 0.1) is 5.92 Å². The maximum atomic E-state index is 12.2. The Morgan fingerprint density at radius 2 is 1.89 bits per heavy atom. The lowest BCUT2D eigenvalue weighted by Gasteiger charge is -2.49. The molecule has 0 spiro atoms. The molecule has 2 rings (SSSR count). The summed E-state index contributed by atoms with van der Waals surface area (Å²) < 4.78 is 24.1. The summed E-state index contributed by atoms with van der Waals surface area (Å²) in [5, 5.41) is 0. The van der Waals surface area contributed by atoms with Crippen molar-refractivity contribution in [3.05, 3.63) is 0 Å². The van der Waals surface area contributed by atoms with E-state index in [0.29, 0.717) is 0 Å². The van der Waals surface area contributed by atoms with Crippen molar-refractivity contribution in [1.82, 2.24) is 4.31 Å². The smallest absolute Gasteiger partial charge is 0.259 e. The average molecular weight is 274 g/mol. The third kappa shape index (κ3) is 1.77. The molecule has 2 N–H and O–H groups in total. The summed E-state index contributed by atoms with van der Waals surface area (Å²) in [5.41, 5.74) is 5.73. The van der Waals surface area contributed by atoms with Crippen molar-refractivity contribution in [2.45, 2.75) is 56.7 Å². The lowest BCUT2D eigenvalue weighted by molar-refractivity contribution is -0.135. The van der Waals surface area contributed by atoms with Crippen LogP contribution in [0.25, 0.3) is 0 Å². The van der Waals surface area contributed by atoms with E-state index in [1.165, 1.54) is 20.3 Å². The second kappa shape index (κ2) is 4.49. The molecule has 0 radical (unpaired) electrons. The second-order valence-electron chi connectivity index (χ2n) is 5.82. The Labute approximate surface area is 109 Å². The molecule has 0 aromatic rings. The normalized spacial score (nSPS) is 28.8. The van der Waals surface area contributed by atoms with E-state index in [1.54, 1.807) is 0 Å². The molecule has 1 unspecified atom stereocenters. The van der Waals surface area contributed by atoms with Gasteiger partial charge in [0, 0.05) is 6.54 Å². The molecule has 104 valence electrons. The summed E-state index contributed by atoms with van der Waals surface area (Å²) in [4.78, 5) is 12.0. The summed E-state index contributed by atoms with van der Waals surface area (Å²) in [6, 6.07) is -0.337. The van der Waals surface area contributed by atoms with E-state index in [9.17, 15) is 13.2 Å². The average Bonchev–Trinajstić information content (AvgIpc) is 2.35. The molecule has 1 aliphatic carbocycles. The molecular formula is C12H22N2O3S. The summed E-state index contributed by atoms with van der Waals surface area (Å²) in [6.45, 7) is 3.16. The number of carbonyl (C=O) groups excluding carboxylic acids is 1. The van der Waals surface area contributed by atoms with Crippen LogP contribution in [0.4, 0.5) is 0 Å². The fraction of sp³-hybridized carbons (Fsp3) is 0.917. The number of amides is 1. The van der Waals surface area contributed by atoms with Crippen LogP contribution in [0.15, 0.2) is 0 Å². The second-order valence-corrected chi connectivity index (χ2v) is 8.18. The van der Waals surface area contributed by atoms with E-state index < -0.39 is 14.8 Å². The number of hydrogen-bond acceptors (Lipinski definition) is 4. The Kier molecular flexibility index (Phi) is 3.44. The van der Waals surface area contributed by atoms with E-state index in [4.69, 9.17) is 5.73 Å². The van der Waals surface area contributed by atoms with E-state index in [1.807, 2.05) is 0 Å². The van der Waals surface area contributed by atoms with Gasteiger partial charge in [-0.05, 0) is 32.6 Å². The summed E-state index contributed by atoms with van der Waals surface area (Å²) in [5.74, 6) is -0.0675. The molecule has 1 saturated heterocycles. The van der Waals surface area contributed by atoms with Gasteiger partial charge in [-0.2, -0.15) is 0 Å². The fourth-order valence-electron chi connectivity index (χ4n) is 3.02. The minimum atomic E-state index is -3.51. The maximum Gasteiger partial charge on any atom is 0.259 e. The molecule has 1 saturated carbocycles. The summed E-state index contributed by atoms with van der Waals surface area (Å²) >= 11 is 0. The largest absolute Gasteiger partial charge is 0.328 e. The minimum absolute atomic E-state index is 0.228. The number of sulfonamides is 1. The van der Waals surface area contributed by atoms with Crippen LogP contribution in [0.2, 0.25) is 0 Å². The Morgan fingerprint density at radius 1 is 1.33 bits per heavy atom. The number of hydrogen-bond donors (Lipinski definition) is 1. The Balaban J connectivity index is 2.22. The van der Waals surface area contributed by atoms with Gasteiger partial charge < -0.3 is 5.73 Å². The molecule has 5 nitrogen and oxygen atoms in total. The van der Waals surface area contributed by atoms with Gasteiger partial charge in [-0.3, -0.25) is 4.79 Å². The maximum absolute atomic E-state index is 12.2. The van der Waals surface area contributed by atoms with Gasteiger partial charge >= 0.3 is 0 Å². The highest BCUT2D eigenvalue weighted by Gasteiger charge is 2.62. The van der Waals surface area contributed by atoms with Crippen molar-refractivity contribution in [3.8, 4) is 0 Å². The van der Waals surface area contributed by atoms with Gasteiger partial charge in [-0.15, -0.1) is 0 Å². The van der Waals surface area contributed by atoms with Crippen LogP contribution in [0.3, 0.4) is 0 Å². The monoisotopic (exact) mass is 274 g/mol. The number of nitrogens with zero attached hydrogens (tertiary/aromatic N) is 1. The summed E-state index contributed by atoms with van der Waals surface area (Å²) in [6.07, 6.45) is 5.35. The van der Waals surface area contributed by atoms with Crippen LogP contribution >= 0.6 is 0 Å². The molecule has 6 heteroatoms. The van der Waals surface area contributed by atoms with Crippen LogP contribution in [-0.4, -0.2) is 36.0 Å². The van der Waals surface area contributed by atoms with E-state index in [-0.39, 0.29) is 24.4 Å². The first kappa shape index (κ1) is 13.8. The van der Waals surface area contributed by atoms with Gasteiger partial charge in [0.2, 0.25) is 0 Å². The first-order valence-electron chi connectivity index (χ1n) is 6.62. The number of nitrogens with two attached hydrogens (primary N) is 1. The van der Waals surface area contributed by atoms with Gasteiger partial charge in [0.15, 0.2) is 4.75 Å². The van der Waals surface area contributed by atoms with Gasteiger partial charge in [-0.25, -0.2) is 12.7 Å². The van der Waals surface area contributed by atoms with Gasteiger partial charge in [-0.1, -0.05) is 19.3 Å². The number of rotatable bonds is 3. The van der Waals surface area contributed by atoms with Crippen LogP contribution in [-0.2, 0) is 14.8 Å². The zero-order chi connectivity index (χ0) is 13.6. The van der Waals surface area contributed by atoms with E-state index >= 15 is 0 Å². The Bertz CT molecular complexity index is 438. The van der Waals surface area contributed by atoms with Crippen molar-refractivity contribution in [3.63, 3.8) is 0 Å². The quantitative estimate of drug-likeness (QED) is 0.827. The molecular weight excluding hydrogens is 252 g/mol. The van der Waals surface area contributed by atoms with Gasteiger partial charge in [0.1, 0.15) is 0 Å². The highest BCUT2D eigenvalue weighted by atomic mass is 32.2. The lowest BCUT2D eigenvalue weighted by Crippen LogP contribution is -2.72. The lowest BCUT2D eigenvalue weighted by atomic mass is 9.83. The highest BCUT2D eigenvalue weighted by molar-refractivity contribution is 7.94. The first-order chi connectivity index (χ1) is 8.34. The highest BCUT2D eigenvalue weighted by Crippen LogP contribution is 2.40. The predicted octanol–water partition coefficient (Wildman–Crippen LogP) is 0.845. The van der Waals surface area contributed by atoms with Crippen LogP contribution in [0.1, 0.15) is 46.0 Å². The molecule has 18 heavy (non-hydrogen) atoms. The topological polar surface area (TPSA) is 80.5 Å². The van der Waals surface area contributed by atoms with E-state index in [2.05, 4.69) is 0 Å².